The van der Waals surface area contributed by atoms with Crippen LogP contribution in [0.3, 0.4) is 0 Å². The van der Waals surface area contributed by atoms with Crippen molar-refractivity contribution < 1.29 is 19.8 Å². The van der Waals surface area contributed by atoms with Gasteiger partial charge in [-0.15, -0.1) is 0 Å². The minimum absolute atomic E-state index is 0.101. The third kappa shape index (κ3) is 5.71. The zero-order valence-corrected chi connectivity index (χ0v) is 12.7. The third-order valence-electron chi connectivity index (χ3n) is 3.78. The number of carboxylic acid groups (broad SMARTS) is 1. The normalized spacial score (nSPS) is 17.6. The average molecular weight is 303 g/mol. The molecule has 1 aliphatic rings. The van der Waals surface area contributed by atoms with Crippen LogP contribution in [0.5, 0.6) is 0 Å². The molecule has 0 spiro atoms. The van der Waals surface area contributed by atoms with Gasteiger partial charge in [0.15, 0.2) is 0 Å². The monoisotopic (exact) mass is 303 g/mol. The quantitative estimate of drug-likeness (QED) is 0.564. The number of hydrogen-bond acceptors (Lipinski definition) is 4. The van der Waals surface area contributed by atoms with Crippen LogP contribution in [0.1, 0.15) is 44.9 Å². The molecular weight excluding hydrogens is 278 g/mol. The van der Waals surface area contributed by atoms with E-state index in [0.717, 1.165) is 37.2 Å². The summed E-state index contributed by atoms with van der Waals surface area (Å²) < 4.78 is 0. The van der Waals surface area contributed by atoms with Crippen molar-refractivity contribution in [2.45, 2.75) is 44.9 Å². The number of carbonyl (C=O) groups excluding carboxylic acids is 1. The van der Waals surface area contributed by atoms with Gasteiger partial charge in [-0.25, -0.2) is 0 Å². The first-order valence-corrected chi connectivity index (χ1v) is 8.45. The lowest BCUT2D eigenvalue weighted by Gasteiger charge is -2.32. The molecule has 0 aromatic rings. The number of amides is 1. The second-order valence-corrected chi connectivity index (χ2v) is 6.59. The maximum Gasteiger partial charge on any atom is 0.310 e. The minimum atomic E-state index is -0.841. The number of carbonyl (C=O) groups is 2. The van der Waals surface area contributed by atoms with Crippen molar-refractivity contribution in [1.29, 1.82) is 0 Å². The number of aliphatic hydroxyl groups is 1. The van der Waals surface area contributed by atoms with E-state index in [2.05, 4.69) is 5.32 Å². The summed E-state index contributed by atoms with van der Waals surface area (Å²) in [5, 5.41) is 20.8. The fraction of sp³-hybridized carbons (Fsp3) is 0.857. The van der Waals surface area contributed by atoms with Gasteiger partial charge in [0, 0.05) is 25.3 Å². The van der Waals surface area contributed by atoms with Crippen LogP contribution in [0, 0.1) is 5.41 Å². The molecule has 5 nitrogen and oxygen atoms in total. The summed E-state index contributed by atoms with van der Waals surface area (Å²) in [5.41, 5.74) is -0.841. The number of hydrogen-bond donors (Lipinski definition) is 3. The van der Waals surface area contributed by atoms with Crippen molar-refractivity contribution in [2.75, 3.05) is 24.7 Å². The van der Waals surface area contributed by atoms with Crippen LogP contribution in [-0.2, 0) is 9.59 Å². The number of rotatable bonds is 9. The highest BCUT2D eigenvalue weighted by Gasteiger charge is 2.41. The van der Waals surface area contributed by atoms with Gasteiger partial charge >= 0.3 is 5.97 Å². The zero-order valence-electron chi connectivity index (χ0n) is 11.9. The molecule has 1 rings (SSSR count). The van der Waals surface area contributed by atoms with E-state index in [-0.39, 0.29) is 18.9 Å². The summed E-state index contributed by atoms with van der Waals surface area (Å²) >= 11 is 1.68. The molecule has 1 aliphatic carbocycles. The smallest absolute Gasteiger partial charge is 0.310 e. The maximum atomic E-state index is 11.9. The molecule has 6 heteroatoms. The van der Waals surface area contributed by atoms with Gasteiger partial charge in [-0.05, 0) is 25.0 Å². The molecule has 0 radical (unpaired) electrons. The van der Waals surface area contributed by atoms with Crippen molar-refractivity contribution in [1.82, 2.24) is 5.32 Å². The Morgan fingerprint density at radius 2 is 1.85 bits per heavy atom. The molecule has 116 valence electrons. The summed E-state index contributed by atoms with van der Waals surface area (Å²) in [6, 6.07) is 0. The Morgan fingerprint density at radius 1 is 1.15 bits per heavy atom. The molecule has 1 saturated carbocycles. The molecule has 0 heterocycles. The maximum absolute atomic E-state index is 11.9. The highest BCUT2D eigenvalue weighted by molar-refractivity contribution is 7.99. The standard InChI is InChI=1S/C14H25NO4S/c16-8-4-9-20-10-7-15-12(17)11-14(13(18)19)5-2-1-3-6-14/h16H,1-11H2,(H,15,17)(H,18,19). The summed E-state index contributed by atoms with van der Waals surface area (Å²) in [6.07, 6.45) is 4.96. The molecule has 3 N–H and O–H groups in total. The van der Waals surface area contributed by atoms with Gasteiger partial charge < -0.3 is 15.5 Å². The van der Waals surface area contributed by atoms with Crippen molar-refractivity contribution in [3.05, 3.63) is 0 Å². The van der Waals surface area contributed by atoms with E-state index in [4.69, 9.17) is 5.11 Å². The SMILES string of the molecule is O=C(CC1(C(=O)O)CCCCC1)NCCSCCCO. The number of aliphatic carboxylic acids is 1. The zero-order chi connectivity index (χ0) is 14.8. The van der Waals surface area contributed by atoms with Gasteiger partial charge in [-0.1, -0.05) is 19.3 Å². The van der Waals surface area contributed by atoms with Gasteiger partial charge in [0.25, 0.3) is 0 Å². The first-order valence-electron chi connectivity index (χ1n) is 7.29. The number of thioether (sulfide) groups is 1. The largest absolute Gasteiger partial charge is 0.481 e. The van der Waals surface area contributed by atoms with Crippen molar-refractivity contribution >= 4 is 23.6 Å². The Balaban J connectivity index is 2.27. The highest BCUT2D eigenvalue weighted by Crippen LogP contribution is 2.39. The van der Waals surface area contributed by atoms with E-state index in [1.165, 1.54) is 0 Å². The van der Waals surface area contributed by atoms with Crippen LogP contribution in [0.4, 0.5) is 0 Å². The van der Waals surface area contributed by atoms with Crippen LogP contribution in [0.2, 0.25) is 0 Å². The summed E-state index contributed by atoms with van der Waals surface area (Å²) in [4.78, 5) is 23.3. The molecule has 0 unspecified atom stereocenters. The van der Waals surface area contributed by atoms with Crippen molar-refractivity contribution in [3.8, 4) is 0 Å². The van der Waals surface area contributed by atoms with Gasteiger partial charge in [0.05, 0.1) is 5.41 Å². The molecule has 0 bridgehead atoms. The molecule has 0 aliphatic heterocycles. The van der Waals surface area contributed by atoms with E-state index in [0.29, 0.717) is 19.4 Å². The van der Waals surface area contributed by atoms with Gasteiger partial charge in [-0.3, -0.25) is 9.59 Å². The van der Waals surface area contributed by atoms with E-state index in [1.807, 2.05) is 0 Å². The van der Waals surface area contributed by atoms with Crippen LogP contribution >= 0.6 is 11.8 Å². The fourth-order valence-corrected chi connectivity index (χ4v) is 3.38. The van der Waals surface area contributed by atoms with E-state index in [9.17, 15) is 14.7 Å². The second-order valence-electron chi connectivity index (χ2n) is 5.36. The second kappa shape index (κ2) is 9.23. The van der Waals surface area contributed by atoms with Gasteiger partial charge in [0.1, 0.15) is 0 Å². The minimum Gasteiger partial charge on any atom is -0.481 e. The van der Waals surface area contributed by atoms with Crippen molar-refractivity contribution in [3.63, 3.8) is 0 Å². The van der Waals surface area contributed by atoms with Gasteiger partial charge in [-0.2, -0.15) is 11.8 Å². The Morgan fingerprint density at radius 3 is 2.45 bits per heavy atom. The molecule has 0 aromatic carbocycles. The summed E-state index contributed by atoms with van der Waals surface area (Å²) in [5.74, 6) is 0.693. The summed E-state index contributed by atoms with van der Waals surface area (Å²) in [7, 11) is 0. The lowest BCUT2D eigenvalue weighted by molar-refractivity contribution is -0.154. The first kappa shape index (κ1) is 17.3. The molecule has 0 aromatic heterocycles. The predicted octanol–water partition coefficient (Wildman–Crippen LogP) is 1.64. The molecule has 0 atom stereocenters. The van der Waals surface area contributed by atoms with E-state index < -0.39 is 11.4 Å². The lowest BCUT2D eigenvalue weighted by atomic mass is 9.71. The molecule has 1 amide bonds. The molecule has 1 fully saturated rings. The van der Waals surface area contributed by atoms with Crippen molar-refractivity contribution in [2.24, 2.45) is 5.41 Å². The fourth-order valence-electron chi connectivity index (χ4n) is 2.60. The molecular formula is C14H25NO4S. The summed E-state index contributed by atoms with van der Waals surface area (Å²) in [6.45, 7) is 0.755. The third-order valence-corrected chi connectivity index (χ3v) is 4.85. The average Bonchev–Trinajstić information content (AvgIpc) is 2.43. The van der Waals surface area contributed by atoms with E-state index in [1.54, 1.807) is 11.8 Å². The molecule has 20 heavy (non-hydrogen) atoms. The number of nitrogens with one attached hydrogen (secondary N) is 1. The Labute approximate surface area is 124 Å². The molecule has 0 saturated heterocycles. The van der Waals surface area contributed by atoms with Crippen LogP contribution in [-0.4, -0.2) is 46.7 Å². The lowest BCUT2D eigenvalue weighted by Crippen LogP contribution is -2.39. The number of carboxylic acids is 1. The van der Waals surface area contributed by atoms with Crippen LogP contribution in [0.25, 0.3) is 0 Å². The number of aliphatic hydroxyl groups excluding tert-OH is 1. The van der Waals surface area contributed by atoms with Crippen LogP contribution in [0.15, 0.2) is 0 Å². The topological polar surface area (TPSA) is 86.6 Å². The Kier molecular flexibility index (Phi) is 7.99. The Hall–Kier alpha value is -0.750. The van der Waals surface area contributed by atoms with Crippen LogP contribution < -0.4 is 5.32 Å². The first-order chi connectivity index (χ1) is 9.60. The van der Waals surface area contributed by atoms with Gasteiger partial charge in [0.2, 0.25) is 5.91 Å². The van der Waals surface area contributed by atoms with E-state index >= 15 is 0 Å². The Bertz CT molecular complexity index is 316. The highest BCUT2D eigenvalue weighted by atomic mass is 32.2. The predicted molar refractivity (Wildman–Crippen MR) is 79.8 cm³/mol.